The van der Waals surface area contributed by atoms with Crippen LogP contribution in [0.1, 0.15) is 24.2 Å². The first-order chi connectivity index (χ1) is 10.1. The van der Waals surface area contributed by atoms with Crippen LogP contribution in [0.5, 0.6) is 5.75 Å². The number of carbonyl (C=O) groups excluding carboxylic acids is 2. The maximum atomic E-state index is 12.0. The van der Waals surface area contributed by atoms with Crippen LogP contribution < -0.4 is 21.7 Å². The van der Waals surface area contributed by atoms with Crippen LogP contribution in [0.3, 0.4) is 0 Å². The zero-order valence-corrected chi connectivity index (χ0v) is 13.0. The van der Waals surface area contributed by atoms with Gasteiger partial charge in [0.2, 0.25) is 0 Å². The zero-order valence-electron chi connectivity index (χ0n) is 12.2. The van der Waals surface area contributed by atoms with Gasteiger partial charge in [-0.3, -0.25) is 0 Å². The van der Waals surface area contributed by atoms with Crippen LogP contribution in [0.25, 0.3) is 0 Å². The van der Waals surface area contributed by atoms with Gasteiger partial charge in [-0.25, -0.2) is 4.79 Å². The van der Waals surface area contributed by atoms with E-state index in [1.165, 1.54) is 17.0 Å². The van der Waals surface area contributed by atoms with E-state index in [2.05, 4.69) is 0 Å². The molecule has 0 aliphatic carbocycles. The van der Waals surface area contributed by atoms with Crippen LogP contribution >= 0.6 is 0 Å². The molecule has 0 radical (unpaired) electrons. The molecule has 6 heteroatoms. The maximum Gasteiger partial charge on any atom is 0.607 e. The number of rotatable bonds is 3. The maximum absolute atomic E-state index is 12.0. The number of halogens is 1. The third kappa shape index (κ3) is 4.86. The van der Waals surface area contributed by atoms with E-state index in [4.69, 9.17) is 9.47 Å². The van der Waals surface area contributed by atoms with E-state index in [1.807, 2.05) is 6.07 Å². The number of esters is 1. The van der Waals surface area contributed by atoms with E-state index < -0.39 is 12.1 Å². The van der Waals surface area contributed by atoms with E-state index in [-0.39, 0.29) is 24.1 Å². The molecule has 1 aromatic carbocycles. The minimum Gasteiger partial charge on any atom is -1.00 e. The Kier molecular flexibility index (Phi) is 6.53. The first kappa shape index (κ1) is 17.7. The van der Waals surface area contributed by atoms with Gasteiger partial charge in [-0.2, -0.15) is 4.79 Å². The Balaban J connectivity index is 0.00000242. The van der Waals surface area contributed by atoms with E-state index >= 15 is 0 Å². The molecule has 0 aliphatic rings. The van der Waals surface area contributed by atoms with Crippen LogP contribution in [-0.4, -0.2) is 18.2 Å². The van der Waals surface area contributed by atoms with Crippen LogP contribution in [0, 0.1) is 0 Å². The number of hydrogen-bond acceptors (Lipinski definition) is 4. The van der Waals surface area contributed by atoms with Crippen molar-refractivity contribution in [3.8, 4) is 5.75 Å². The average molecular weight is 322 g/mol. The highest BCUT2D eigenvalue weighted by Crippen LogP contribution is 2.08. The molecule has 0 aliphatic heterocycles. The molecule has 0 saturated heterocycles. The number of para-hydroxylation sites is 1. The molecule has 2 rings (SSSR count). The SMILES string of the molecule is CC(C)OC(=O)c1ccc[n+](C(=O)Oc2ccccc2)c1.[Cl-]. The van der Waals surface area contributed by atoms with Gasteiger partial charge in [-0.1, -0.05) is 22.8 Å². The standard InChI is InChI=1S/C16H16NO4.ClH/c1-12(2)20-15(18)13-7-6-10-17(11-13)16(19)21-14-8-4-3-5-9-14;/h3-12H,1-2H3;1H/q+1;/p-1. The summed E-state index contributed by atoms with van der Waals surface area (Å²) >= 11 is 0. The summed E-state index contributed by atoms with van der Waals surface area (Å²) in [6.07, 6.45) is 2.08. The quantitative estimate of drug-likeness (QED) is 0.570. The Morgan fingerprint density at radius 2 is 1.73 bits per heavy atom. The summed E-state index contributed by atoms with van der Waals surface area (Å²) in [5.74, 6) is -0.0444. The van der Waals surface area contributed by atoms with Gasteiger partial charge >= 0.3 is 12.1 Å². The highest BCUT2D eigenvalue weighted by atomic mass is 35.5. The molecule has 1 aromatic heterocycles. The third-order valence-corrected chi connectivity index (χ3v) is 2.54. The van der Waals surface area contributed by atoms with E-state index in [9.17, 15) is 9.59 Å². The van der Waals surface area contributed by atoms with Crippen molar-refractivity contribution in [2.75, 3.05) is 0 Å². The topological polar surface area (TPSA) is 56.5 Å². The van der Waals surface area contributed by atoms with Gasteiger partial charge in [0.1, 0.15) is 11.3 Å². The van der Waals surface area contributed by atoms with Crippen molar-refractivity contribution in [1.82, 2.24) is 0 Å². The minimum atomic E-state index is -0.597. The molecule has 1 heterocycles. The van der Waals surface area contributed by atoms with Gasteiger partial charge in [-0.15, -0.1) is 0 Å². The molecule has 0 spiro atoms. The van der Waals surface area contributed by atoms with Gasteiger partial charge in [0.15, 0.2) is 12.4 Å². The van der Waals surface area contributed by atoms with E-state index in [1.54, 1.807) is 50.2 Å². The van der Waals surface area contributed by atoms with Crippen molar-refractivity contribution >= 4 is 12.1 Å². The summed E-state index contributed by atoms with van der Waals surface area (Å²) in [6, 6.07) is 11.9. The second-order valence-corrected chi connectivity index (χ2v) is 4.63. The molecule has 2 aromatic rings. The summed E-state index contributed by atoms with van der Waals surface area (Å²) in [5.41, 5.74) is 0.288. The van der Waals surface area contributed by atoms with Crippen molar-refractivity contribution in [2.45, 2.75) is 20.0 Å². The second kappa shape index (κ2) is 8.14. The van der Waals surface area contributed by atoms with Crippen LogP contribution in [-0.2, 0) is 4.74 Å². The lowest BCUT2D eigenvalue weighted by molar-refractivity contribution is -0.582. The zero-order chi connectivity index (χ0) is 15.2. The largest absolute Gasteiger partial charge is 1.00 e. The molecule has 0 N–H and O–H groups in total. The number of carbonyl (C=O) groups is 2. The van der Waals surface area contributed by atoms with Gasteiger partial charge in [0, 0.05) is 6.07 Å². The smallest absolute Gasteiger partial charge is 0.607 e. The number of benzene rings is 1. The predicted octanol–water partition coefficient (Wildman–Crippen LogP) is -0.410. The number of nitrogens with zero attached hydrogens (tertiary/aromatic N) is 1. The number of aromatic nitrogens is 1. The van der Waals surface area contributed by atoms with Crippen LogP contribution in [0.2, 0.25) is 0 Å². The fourth-order valence-electron chi connectivity index (χ4n) is 1.63. The minimum absolute atomic E-state index is 0. The van der Waals surface area contributed by atoms with Crippen LogP contribution in [0.4, 0.5) is 4.79 Å². The summed E-state index contributed by atoms with van der Waals surface area (Å²) < 4.78 is 11.5. The van der Waals surface area contributed by atoms with Gasteiger partial charge in [-0.05, 0) is 32.0 Å². The number of hydrogen-bond donors (Lipinski definition) is 0. The molecular weight excluding hydrogens is 306 g/mol. The molecule has 0 atom stereocenters. The van der Waals surface area contributed by atoms with Crippen molar-refractivity contribution in [2.24, 2.45) is 0 Å². The van der Waals surface area contributed by atoms with Crippen LogP contribution in [0.15, 0.2) is 54.9 Å². The lowest BCUT2D eigenvalue weighted by Crippen LogP contribution is -3.00. The number of pyridine rings is 1. The summed E-state index contributed by atoms with van der Waals surface area (Å²) in [6.45, 7) is 3.52. The highest BCUT2D eigenvalue weighted by molar-refractivity contribution is 5.88. The number of ether oxygens (including phenoxy) is 2. The molecule has 116 valence electrons. The molecule has 0 amide bonds. The van der Waals surface area contributed by atoms with Crippen molar-refractivity contribution in [1.29, 1.82) is 0 Å². The average Bonchev–Trinajstić information content (AvgIpc) is 2.47. The molecule has 0 saturated carbocycles. The summed E-state index contributed by atoms with van der Waals surface area (Å²) in [4.78, 5) is 23.8. The second-order valence-electron chi connectivity index (χ2n) is 4.63. The lowest BCUT2D eigenvalue weighted by Gasteiger charge is -2.06. The fraction of sp³-hybridized carbons (Fsp3) is 0.188. The Bertz CT molecular complexity index is 644. The predicted molar refractivity (Wildman–Crippen MR) is 75.1 cm³/mol. The van der Waals surface area contributed by atoms with Crippen molar-refractivity contribution < 1.29 is 36.0 Å². The first-order valence-corrected chi connectivity index (χ1v) is 6.56. The summed E-state index contributed by atoms with van der Waals surface area (Å²) in [7, 11) is 0. The van der Waals surface area contributed by atoms with Gasteiger partial charge in [0.25, 0.3) is 0 Å². The monoisotopic (exact) mass is 321 g/mol. The van der Waals surface area contributed by atoms with Gasteiger partial charge < -0.3 is 21.9 Å². The van der Waals surface area contributed by atoms with Gasteiger partial charge in [0.05, 0.1) is 6.10 Å². The molecule has 0 unspecified atom stereocenters. The molecule has 5 nitrogen and oxygen atoms in total. The summed E-state index contributed by atoms with van der Waals surface area (Å²) in [5, 5.41) is 0. The lowest BCUT2D eigenvalue weighted by atomic mass is 10.3. The van der Waals surface area contributed by atoms with E-state index in [0.29, 0.717) is 5.75 Å². The molecule has 0 fully saturated rings. The first-order valence-electron chi connectivity index (χ1n) is 6.56. The Morgan fingerprint density at radius 1 is 1.05 bits per heavy atom. The van der Waals surface area contributed by atoms with Crippen molar-refractivity contribution in [3.63, 3.8) is 0 Å². The Labute approximate surface area is 134 Å². The normalized spacial score (nSPS) is 9.77. The molecule has 0 bridgehead atoms. The molecular formula is C16H16ClNO4. The third-order valence-electron chi connectivity index (χ3n) is 2.54. The van der Waals surface area contributed by atoms with E-state index in [0.717, 1.165) is 0 Å². The highest BCUT2D eigenvalue weighted by Gasteiger charge is 2.20. The fourth-order valence-corrected chi connectivity index (χ4v) is 1.63. The van der Waals surface area contributed by atoms with Crippen molar-refractivity contribution in [3.05, 3.63) is 60.4 Å². The Hall–Kier alpha value is -2.40. The molecule has 22 heavy (non-hydrogen) atoms. The Morgan fingerprint density at radius 3 is 2.36 bits per heavy atom.